The number of ether oxygens (including phenoxy) is 1. The van der Waals surface area contributed by atoms with Gasteiger partial charge in [-0.25, -0.2) is 4.98 Å². The Balaban J connectivity index is 1.86. The summed E-state index contributed by atoms with van der Waals surface area (Å²) in [7, 11) is 0. The molecule has 122 valence electrons. The summed E-state index contributed by atoms with van der Waals surface area (Å²) in [6, 6.07) is 7.21. The SMILES string of the molecule is CCCCSC(C)C(=O)Nc1ccc(Oc2cnccn2)cc1. The Labute approximate surface area is 140 Å². The van der Waals surface area contributed by atoms with Crippen LogP contribution in [-0.4, -0.2) is 26.9 Å². The van der Waals surface area contributed by atoms with E-state index in [1.54, 1.807) is 42.5 Å². The van der Waals surface area contributed by atoms with Crippen LogP contribution in [0.2, 0.25) is 0 Å². The molecular formula is C17H21N3O2S. The second-order valence-corrected chi connectivity index (χ2v) is 6.47. The Morgan fingerprint density at radius 2 is 2.09 bits per heavy atom. The first-order chi connectivity index (χ1) is 11.2. The molecule has 0 saturated carbocycles. The number of carbonyl (C=O) groups is 1. The summed E-state index contributed by atoms with van der Waals surface area (Å²) in [6.45, 7) is 4.08. The van der Waals surface area contributed by atoms with Gasteiger partial charge in [0.2, 0.25) is 11.8 Å². The lowest BCUT2D eigenvalue weighted by atomic mass is 10.3. The van der Waals surface area contributed by atoms with Crippen molar-refractivity contribution in [1.82, 2.24) is 9.97 Å². The van der Waals surface area contributed by atoms with Crippen molar-refractivity contribution >= 4 is 23.4 Å². The van der Waals surface area contributed by atoms with Crippen LogP contribution in [0.5, 0.6) is 11.6 Å². The van der Waals surface area contributed by atoms with Gasteiger partial charge in [-0.15, -0.1) is 11.8 Å². The fourth-order valence-electron chi connectivity index (χ4n) is 1.79. The number of thioether (sulfide) groups is 1. The molecule has 0 aliphatic rings. The molecule has 2 rings (SSSR count). The molecule has 1 aromatic heterocycles. The predicted octanol–water partition coefficient (Wildman–Crippen LogP) is 4.13. The molecule has 1 heterocycles. The zero-order valence-corrected chi connectivity index (χ0v) is 14.2. The van der Waals surface area contributed by atoms with Gasteiger partial charge in [0.15, 0.2) is 0 Å². The smallest absolute Gasteiger partial charge is 0.237 e. The molecule has 1 atom stereocenters. The Morgan fingerprint density at radius 1 is 1.30 bits per heavy atom. The predicted molar refractivity (Wildman–Crippen MR) is 94.0 cm³/mol. The molecule has 6 heteroatoms. The Hall–Kier alpha value is -2.08. The average Bonchev–Trinajstić information content (AvgIpc) is 2.57. The van der Waals surface area contributed by atoms with Crippen LogP contribution in [0, 0.1) is 0 Å². The minimum absolute atomic E-state index is 0.0219. The van der Waals surface area contributed by atoms with Crippen molar-refractivity contribution in [3.8, 4) is 11.6 Å². The number of nitrogens with zero attached hydrogens (tertiary/aromatic N) is 2. The number of carbonyl (C=O) groups excluding carboxylic acids is 1. The number of nitrogens with one attached hydrogen (secondary N) is 1. The average molecular weight is 331 g/mol. The molecule has 1 amide bonds. The largest absolute Gasteiger partial charge is 0.438 e. The van der Waals surface area contributed by atoms with Gasteiger partial charge < -0.3 is 10.1 Å². The zero-order chi connectivity index (χ0) is 16.5. The normalized spacial score (nSPS) is 11.7. The van der Waals surface area contributed by atoms with Gasteiger partial charge in [-0.05, 0) is 43.4 Å². The number of hydrogen-bond donors (Lipinski definition) is 1. The third kappa shape index (κ3) is 5.90. The summed E-state index contributed by atoms with van der Waals surface area (Å²) in [4.78, 5) is 20.1. The van der Waals surface area contributed by atoms with Crippen LogP contribution in [-0.2, 0) is 4.79 Å². The van der Waals surface area contributed by atoms with E-state index in [2.05, 4.69) is 22.2 Å². The number of anilines is 1. The van der Waals surface area contributed by atoms with Gasteiger partial charge >= 0.3 is 0 Å². The number of hydrogen-bond acceptors (Lipinski definition) is 5. The second-order valence-electron chi connectivity index (χ2n) is 5.03. The summed E-state index contributed by atoms with van der Waals surface area (Å²) in [5.74, 6) is 2.11. The van der Waals surface area contributed by atoms with Crippen molar-refractivity contribution in [3.63, 3.8) is 0 Å². The minimum atomic E-state index is -0.0583. The van der Waals surface area contributed by atoms with Gasteiger partial charge in [-0.1, -0.05) is 13.3 Å². The maximum absolute atomic E-state index is 12.1. The van der Waals surface area contributed by atoms with Crippen molar-refractivity contribution in [2.75, 3.05) is 11.1 Å². The molecule has 5 nitrogen and oxygen atoms in total. The molecule has 0 bridgehead atoms. The number of benzene rings is 1. The minimum Gasteiger partial charge on any atom is -0.438 e. The van der Waals surface area contributed by atoms with E-state index in [9.17, 15) is 4.79 Å². The van der Waals surface area contributed by atoms with Crippen molar-refractivity contribution < 1.29 is 9.53 Å². The van der Waals surface area contributed by atoms with E-state index >= 15 is 0 Å². The van der Waals surface area contributed by atoms with Crippen LogP contribution in [0.25, 0.3) is 0 Å². The third-order valence-electron chi connectivity index (χ3n) is 3.12. The number of unbranched alkanes of at least 4 members (excludes halogenated alkanes) is 1. The van der Waals surface area contributed by atoms with E-state index in [1.807, 2.05) is 19.1 Å². The first-order valence-corrected chi connectivity index (χ1v) is 8.70. The van der Waals surface area contributed by atoms with Crippen molar-refractivity contribution in [2.24, 2.45) is 0 Å². The van der Waals surface area contributed by atoms with Crippen LogP contribution in [0.15, 0.2) is 42.9 Å². The van der Waals surface area contributed by atoms with E-state index in [1.165, 1.54) is 0 Å². The summed E-state index contributed by atoms with van der Waals surface area (Å²) < 4.78 is 5.56. The third-order valence-corrected chi connectivity index (χ3v) is 4.36. The maximum Gasteiger partial charge on any atom is 0.237 e. The first kappa shape index (κ1) is 17.3. The van der Waals surface area contributed by atoms with E-state index in [-0.39, 0.29) is 11.2 Å². The molecule has 0 spiro atoms. The van der Waals surface area contributed by atoms with E-state index in [0.29, 0.717) is 11.6 Å². The van der Waals surface area contributed by atoms with E-state index in [4.69, 9.17) is 4.74 Å². The van der Waals surface area contributed by atoms with Gasteiger partial charge in [-0.2, -0.15) is 0 Å². The molecule has 23 heavy (non-hydrogen) atoms. The van der Waals surface area contributed by atoms with Crippen LogP contribution in [0.4, 0.5) is 5.69 Å². The quantitative estimate of drug-likeness (QED) is 0.737. The molecular weight excluding hydrogens is 310 g/mol. The highest BCUT2D eigenvalue weighted by atomic mass is 32.2. The molecule has 0 aliphatic carbocycles. The number of rotatable bonds is 8. The molecule has 1 N–H and O–H groups in total. The lowest BCUT2D eigenvalue weighted by Gasteiger charge is -2.12. The number of aromatic nitrogens is 2. The van der Waals surface area contributed by atoms with Gasteiger partial charge in [0.25, 0.3) is 0 Å². The van der Waals surface area contributed by atoms with E-state index < -0.39 is 0 Å². The molecule has 1 unspecified atom stereocenters. The van der Waals surface area contributed by atoms with Crippen molar-refractivity contribution in [3.05, 3.63) is 42.9 Å². The summed E-state index contributed by atoms with van der Waals surface area (Å²) in [6.07, 6.45) is 6.99. The van der Waals surface area contributed by atoms with Gasteiger partial charge in [0, 0.05) is 18.1 Å². The van der Waals surface area contributed by atoms with Crippen LogP contribution < -0.4 is 10.1 Å². The first-order valence-electron chi connectivity index (χ1n) is 7.65. The zero-order valence-electron chi connectivity index (χ0n) is 13.4. The lowest BCUT2D eigenvalue weighted by molar-refractivity contribution is -0.115. The molecule has 0 aliphatic heterocycles. The number of amides is 1. The summed E-state index contributed by atoms with van der Waals surface area (Å²) in [5.41, 5.74) is 0.754. The highest BCUT2D eigenvalue weighted by Gasteiger charge is 2.13. The molecule has 0 radical (unpaired) electrons. The summed E-state index contributed by atoms with van der Waals surface area (Å²) in [5, 5.41) is 2.86. The molecule has 2 aromatic rings. The maximum atomic E-state index is 12.1. The van der Waals surface area contributed by atoms with Crippen LogP contribution in [0.3, 0.4) is 0 Å². The molecule has 0 fully saturated rings. The Bertz CT molecular complexity index is 605. The molecule has 1 aromatic carbocycles. The van der Waals surface area contributed by atoms with Gasteiger partial charge in [-0.3, -0.25) is 9.78 Å². The van der Waals surface area contributed by atoms with Crippen LogP contribution in [0.1, 0.15) is 26.7 Å². The molecule has 0 saturated heterocycles. The Morgan fingerprint density at radius 3 is 2.74 bits per heavy atom. The second kappa shape index (κ2) is 9.15. The van der Waals surface area contributed by atoms with Crippen LogP contribution >= 0.6 is 11.8 Å². The fraction of sp³-hybridized carbons (Fsp3) is 0.353. The highest BCUT2D eigenvalue weighted by molar-refractivity contribution is 8.00. The summed E-state index contributed by atoms with van der Waals surface area (Å²) >= 11 is 1.68. The standard InChI is InChI=1S/C17H21N3O2S/c1-3-4-11-23-13(2)17(21)20-14-5-7-15(8-6-14)22-16-12-18-9-10-19-16/h5-10,12-13H,3-4,11H2,1-2H3,(H,20,21). The van der Waals surface area contributed by atoms with Gasteiger partial charge in [0.05, 0.1) is 11.4 Å². The highest BCUT2D eigenvalue weighted by Crippen LogP contribution is 2.21. The lowest BCUT2D eigenvalue weighted by Crippen LogP contribution is -2.22. The van der Waals surface area contributed by atoms with Gasteiger partial charge in [0.1, 0.15) is 5.75 Å². The fourth-order valence-corrected chi connectivity index (χ4v) is 2.81. The van der Waals surface area contributed by atoms with Crippen molar-refractivity contribution in [2.45, 2.75) is 31.9 Å². The topological polar surface area (TPSA) is 64.1 Å². The Kier molecular flexibility index (Phi) is 6.87. The van der Waals surface area contributed by atoms with E-state index in [0.717, 1.165) is 24.3 Å². The van der Waals surface area contributed by atoms with Crippen molar-refractivity contribution in [1.29, 1.82) is 0 Å². The monoisotopic (exact) mass is 331 g/mol.